The highest BCUT2D eigenvalue weighted by molar-refractivity contribution is 14.0. The van der Waals surface area contributed by atoms with Crippen molar-refractivity contribution in [2.24, 2.45) is 10.4 Å². The number of hydrogen-bond donors (Lipinski definition) is 2. The standard InChI is InChI=1S/C23H33N3O3S.HI/c1-18-11-12-19(21(15-18)29-20-9-7-6-8-10-20)16-25-22(24-4)26-17-23(2,3)13-14-30(5,27)28;/h6-12,15H,13-14,16-17H2,1-5H3,(H2,24,25,26);1H. The molecule has 0 amide bonds. The van der Waals surface area contributed by atoms with Gasteiger partial charge in [0.25, 0.3) is 0 Å². The minimum atomic E-state index is -2.97. The molecule has 0 aromatic heterocycles. The number of aliphatic imine (C=N–C) groups is 1. The van der Waals surface area contributed by atoms with Gasteiger partial charge in [0.1, 0.15) is 21.3 Å². The number of rotatable bonds is 9. The lowest BCUT2D eigenvalue weighted by Crippen LogP contribution is -2.42. The highest BCUT2D eigenvalue weighted by Gasteiger charge is 2.20. The Morgan fingerprint density at radius 1 is 1.10 bits per heavy atom. The number of guanidine groups is 1. The molecule has 2 aromatic carbocycles. The zero-order chi connectivity index (χ0) is 22.2. The monoisotopic (exact) mass is 559 g/mol. The number of hydrogen-bond acceptors (Lipinski definition) is 4. The predicted octanol–water partition coefficient (Wildman–Crippen LogP) is 4.53. The molecule has 0 fully saturated rings. The van der Waals surface area contributed by atoms with Crippen molar-refractivity contribution >= 4 is 39.8 Å². The van der Waals surface area contributed by atoms with Gasteiger partial charge in [-0.1, -0.05) is 44.2 Å². The number of halogens is 1. The average Bonchev–Trinajstić information content (AvgIpc) is 2.68. The Labute approximate surface area is 203 Å². The predicted molar refractivity (Wildman–Crippen MR) is 139 cm³/mol. The molecule has 8 heteroatoms. The van der Waals surface area contributed by atoms with Crippen LogP contribution in [0.25, 0.3) is 0 Å². The zero-order valence-electron chi connectivity index (χ0n) is 18.9. The number of benzene rings is 2. The Balaban J connectivity index is 0.00000480. The van der Waals surface area contributed by atoms with Crippen LogP contribution in [-0.2, 0) is 16.4 Å². The van der Waals surface area contributed by atoms with Crippen molar-refractivity contribution in [1.82, 2.24) is 10.6 Å². The van der Waals surface area contributed by atoms with Crippen LogP contribution in [-0.4, -0.2) is 40.0 Å². The van der Waals surface area contributed by atoms with Gasteiger partial charge in [-0.05, 0) is 42.5 Å². The van der Waals surface area contributed by atoms with Gasteiger partial charge in [0.15, 0.2) is 5.96 Å². The van der Waals surface area contributed by atoms with Gasteiger partial charge >= 0.3 is 0 Å². The summed E-state index contributed by atoms with van der Waals surface area (Å²) in [5.41, 5.74) is 1.97. The van der Waals surface area contributed by atoms with Crippen LogP contribution < -0.4 is 15.4 Å². The lowest BCUT2D eigenvalue weighted by Gasteiger charge is -2.26. The van der Waals surface area contributed by atoms with E-state index in [2.05, 4.69) is 21.7 Å². The lowest BCUT2D eigenvalue weighted by atomic mass is 9.90. The van der Waals surface area contributed by atoms with Crippen LogP contribution >= 0.6 is 24.0 Å². The van der Waals surface area contributed by atoms with E-state index in [1.807, 2.05) is 63.2 Å². The molecule has 0 saturated carbocycles. The molecule has 172 valence electrons. The molecule has 0 aliphatic heterocycles. The van der Waals surface area contributed by atoms with Gasteiger partial charge in [-0.2, -0.15) is 0 Å². The van der Waals surface area contributed by atoms with Gasteiger partial charge in [-0.25, -0.2) is 8.42 Å². The second kappa shape index (κ2) is 12.3. The number of nitrogens with one attached hydrogen (secondary N) is 2. The Bertz CT molecular complexity index is 961. The fraction of sp³-hybridized carbons (Fsp3) is 0.435. The number of para-hydroxylation sites is 1. The smallest absolute Gasteiger partial charge is 0.191 e. The van der Waals surface area contributed by atoms with Gasteiger partial charge in [0.05, 0.1) is 5.75 Å². The van der Waals surface area contributed by atoms with Crippen molar-refractivity contribution in [1.29, 1.82) is 0 Å². The van der Waals surface area contributed by atoms with Crippen LogP contribution in [0.3, 0.4) is 0 Å². The van der Waals surface area contributed by atoms with E-state index in [-0.39, 0.29) is 35.1 Å². The topological polar surface area (TPSA) is 79.8 Å². The van der Waals surface area contributed by atoms with Crippen LogP contribution in [0, 0.1) is 12.3 Å². The fourth-order valence-electron chi connectivity index (χ4n) is 2.79. The first-order chi connectivity index (χ1) is 14.1. The lowest BCUT2D eigenvalue weighted by molar-refractivity contribution is 0.348. The maximum Gasteiger partial charge on any atom is 0.191 e. The molecular weight excluding hydrogens is 525 g/mol. The Hall–Kier alpha value is -1.81. The number of sulfone groups is 1. The third kappa shape index (κ3) is 10.4. The fourth-order valence-corrected chi connectivity index (χ4v) is 3.71. The molecule has 0 heterocycles. The van der Waals surface area contributed by atoms with Crippen molar-refractivity contribution in [3.63, 3.8) is 0 Å². The Morgan fingerprint density at radius 3 is 2.39 bits per heavy atom. The summed E-state index contributed by atoms with van der Waals surface area (Å²) in [6.45, 7) is 7.29. The molecule has 0 unspecified atom stereocenters. The van der Waals surface area contributed by atoms with Crippen LogP contribution in [0.1, 0.15) is 31.4 Å². The third-order valence-corrected chi connectivity index (χ3v) is 5.69. The molecule has 0 saturated heterocycles. The summed E-state index contributed by atoms with van der Waals surface area (Å²) in [4.78, 5) is 4.28. The maximum absolute atomic E-state index is 11.5. The van der Waals surface area contributed by atoms with E-state index in [0.29, 0.717) is 25.5 Å². The van der Waals surface area contributed by atoms with E-state index >= 15 is 0 Å². The summed E-state index contributed by atoms with van der Waals surface area (Å²) >= 11 is 0. The van der Waals surface area contributed by atoms with Crippen LogP contribution in [0.5, 0.6) is 11.5 Å². The molecule has 0 atom stereocenters. The second-order valence-electron chi connectivity index (χ2n) is 8.35. The first-order valence-electron chi connectivity index (χ1n) is 10.0. The van der Waals surface area contributed by atoms with Crippen molar-refractivity contribution in [3.8, 4) is 11.5 Å². The van der Waals surface area contributed by atoms with Crippen LogP contribution in [0.2, 0.25) is 0 Å². The van der Waals surface area contributed by atoms with Gasteiger partial charge in [-0.15, -0.1) is 24.0 Å². The third-order valence-electron chi connectivity index (χ3n) is 4.75. The summed E-state index contributed by atoms with van der Waals surface area (Å²) in [6.07, 6.45) is 1.86. The molecule has 2 N–H and O–H groups in total. The van der Waals surface area contributed by atoms with Crippen LogP contribution in [0.15, 0.2) is 53.5 Å². The molecule has 31 heavy (non-hydrogen) atoms. The van der Waals surface area contributed by atoms with Gasteiger partial charge < -0.3 is 15.4 Å². The molecule has 0 aliphatic rings. The molecule has 2 rings (SSSR count). The zero-order valence-corrected chi connectivity index (χ0v) is 22.1. The highest BCUT2D eigenvalue weighted by atomic mass is 127. The number of ether oxygens (including phenoxy) is 1. The second-order valence-corrected chi connectivity index (χ2v) is 10.6. The van der Waals surface area contributed by atoms with E-state index in [9.17, 15) is 8.42 Å². The molecular formula is C23H34IN3O3S. The number of aryl methyl sites for hydroxylation is 1. The summed E-state index contributed by atoms with van der Waals surface area (Å²) in [7, 11) is -1.25. The molecule has 0 spiro atoms. The highest BCUT2D eigenvalue weighted by Crippen LogP contribution is 2.26. The van der Waals surface area contributed by atoms with E-state index in [0.717, 1.165) is 22.6 Å². The quantitative estimate of drug-likeness (QED) is 0.268. The van der Waals surface area contributed by atoms with Crippen molar-refractivity contribution in [3.05, 3.63) is 59.7 Å². The summed E-state index contributed by atoms with van der Waals surface area (Å²) < 4.78 is 29.0. The average molecular weight is 560 g/mol. The number of nitrogens with zero attached hydrogens (tertiary/aromatic N) is 1. The van der Waals surface area contributed by atoms with Gasteiger partial charge in [0.2, 0.25) is 0 Å². The molecule has 2 aromatic rings. The maximum atomic E-state index is 11.5. The Morgan fingerprint density at radius 2 is 1.77 bits per heavy atom. The van der Waals surface area contributed by atoms with Gasteiger partial charge in [0, 0.05) is 32.0 Å². The van der Waals surface area contributed by atoms with Crippen molar-refractivity contribution in [2.75, 3.05) is 25.6 Å². The summed E-state index contributed by atoms with van der Waals surface area (Å²) in [6, 6.07) is 15.8. The van der Waals surface area contributed by atoms with Crippen molar-refractivity contribution in [2.45, 2.75) is 33.7 Å². The largest absolute Gasteiger partial charge is 0.457 e. The van der Waals surface area contributed by atoms with Gasteiger partial charge in [-0.3, -0.25) is 4.99 Å². The van der Waals surface area contributed by atoms with E-state index in [1.54, 1.807) is 7.05 Å². The molecule has 0 bridgehead atoms. The van der Waals surface area contributed by atoms with E-state index < -0.39 is 9.84 Å². The minimum absolute atomic E-state index is 0. The first kappa shape index (κ1) is 27.2. The minimum Gasteiger partial charge on any atom is -0.457 e. The molecule has 0 radical (unpaired) electrons. The van der Waals surface area contributed by atoms with E-state index in [1.165, 1.54) is 6.26 Å². The Kier molecular flexibility index (Phi) is 10.8. The summed E-state index contributed by atoms with van der Waals surface area (Å²) in [5.74, 6) is 2.43. The normalized spacial score (nSPS) is 12.1. The molecule has 0 aliphatic carbocycles. The first-order valence-corrected chi connectivity index (χ1v) is 12.1. The van der Waals surface area contributed by atoms with Crippen molar-refractivity contribution < 1.29 is 13.2 Å². The van der Waals surface area contributed by atoms with Crippen LogP contribution in [0.4, 0.5) is 0 Å². The summed E-state index contributed by atoms with van der Waals surface area (Å²) in [5, 5.41) is 6.62. The SMILES string of the molecule is CN=C(NCc1ccc(C)cc1Oc1ccccc1)NCC(C)(C)CCS(C)(=O)=O.I. The molecule has 6 nitrogen and oxygen atoms in total. The van der Waals surface area contributed by atoms with E-state index in [4.69, 9.17) is 4.74 Å².